The number of carbonyl (C=O) groups excluding carboxylic acids is 2. The summed E-state index contributed by atoms with van der Waals surface area (Å²) in [6.07, 6.45) is 7.59. The number of likely N-dealkylation sites (N-methyl/N-ethyl adjacent to an activating group) is 1. The van der Waals surface area contributed by atoms with E-state index in [0.717, 1.165) is 64.1 Å². The lowest BCUT2D eigenvalue weighted by Gasteiger charge is -2.34. The Labute approximate surface area is 169 Å². The number of rotatable bonds is 4. The lowest BCUT2D eigenvalue weighted by Crippen LogP contribution is -2.47. The fourth-order valence-electron chi connectivity index (χ4n) is 4.15. The highest BCUT2D eigenvalue weighted by Crippen LogP contribution is 2.24. The lowest BCUT2D eigenvalue weighted by atomic mass is 9.92. The average Bonchev–Trinajstić information content (AvgIpc) is 3.17. The number of carbonyl (C=O) groups is 2. The Hall–Kier alpha value is -1.82. The fraction of sp³-hybridized carbons (Fsp3) is 0.727. The molecule has 6 heteroatoms. The van der Waals surface area contributed by atoms with Crippen LogP contribution >= 0.6 is 0 Å². The van der Waals surface area contributed by atoms with Gasteiger partial charge >= 0.3 is 0 Å². The van der Waals surface area contributed by atoms with Gasteiger partial charge in [-0.3, -0.25) is 9.59 Å². The maximum Gasteiger partial charge on any atom is 0.255 e. The second-order valence-electron chi connectivity index (χ2n) is 9.46. The van der Waals surface area contributed by atoms with Crippen LogP contribution in [0.25, 0.3) is 0 Å². The Kier molecular flexibility index (Phi) is 6.48. The van der Waals surface area contributed by atoms with Gasteiger partial charge in [0, 0.05) is 63.6 Å². The summed E-state index contributed by atoms with van der Waals surface area (Å²) in [5.74, 6) is 0.829. The van der Waals surface area contributed by atoms with Gasteiger partial charge in [-0.15, -0.1) is 0 Å². The lowest BCUT2D eigenvalue weighted by molar-refractivity contribution is -0.133. The smallest absolute Gasteiger partial charge is 0.255 e. The van der Waals surface area contributed by atoms with E-state index < -0.39 is 0 Å². The third kappa shape index (κ3) is 5.16. The molecule has 0 N–H and O–H groups in total. The topological polar surface area (TPSA) is 48.8 Å². The minimum atomic E-state index is -0.0212. The standard InChI is InChI=1S/C22H36N4O2/c1-22(2,3)26-11-9-19(17-26)21(28)25-10-5-6-18(16-25)7-8-20(27)24-14-12-23(4)13-15-24/h9,11,17-18H,5-8,10,12-16H2,1-4H3. The normalized spacial score (nSPS) is 21.8. The van der Waals surface area contributed by atoms with E-state index in [1.165, 1.54) is 0 Å². The van der Waals surface area contributed by atoms with Gasteiger partial charge in [0.25, 0.3) is 5.91 Å². The molecule has 0 bridgehead atoms. The van der Waals surface area contributed by atoms with Crippen molar-refractivity contribution in [2.75, 3.05) is 46.3 Å². The van der Waals surface area contributed by atoms with E-state index in [4.69, 9.17) is 0 Å². The summed E-state index contributed by atoms with van der Waals surface area (Å²) in [6, 6.07) is 1.92. The Morgan fingerprint density at radius 3 is 2.43 bits per heavy atom. The maximum absolute atomic E-state index is 12.9. The van der Waals surface area contributed by atoms with Crippen molar-refractivity contribution in [2.24, 2.45) is 5.92 Å². The summed E-state index contributed by atoms with van der Waals surface area (Å²) in [5, 5.41) is 0. The molecule has 0 saturated carbocycles. The summed E-state index contributed by atoms with van der Waals surface area (Å²) in [7, 11) is 2.10. The third-order valence-corrected chi connectivity index (χ3v) is 6.14. The van der Waals surface area contributed by atoms with Gasteiger partial charge in [-0.1, -0.05) is 0 Å². The molecule has 1 aromatic heterocycles. The number of hydrogen-bond acceptors (Lipinski definition) is 3. The molecule has 3 rings (SSSR count). The van der Waals surface area contributed by atoms with Crippen molar-refractivity contribution in [3.05, 3.63) is 24.0 Å². The Morgan fingerprint density at radius 2 is 1.79 bits per heavy atom. The van der Waals surface area contributed by atoms with Crippen molar-refractivity contribution in [1.82, 2.24) is 19.3 Å². The zero-order valence-electron chi connectivity index (χ0n) is 18.0. The predicted octanol–water partition coefficient (Wildman–Crippen LogP) is 2.65. The number of likely N-dealkylation sites (tertiary alicyclic amines) is 1. The van der Waals surface area contributed by atoms with Crippen molar-refractivity contribution in [3.63, 3.8) is 0 Å². The number of nitrogens with zero attached hydrogens (tertiary/aromatic N) is 4. The van der Waals surface area contributed by atoms with Crippen LogP contribution in [-0.2, 0) is 10.3 Å². The molecule has 156 valence electrons. The first-order valence-electron chi connectivity index (χ1n) is 10.7. The monoisotopic (exact) mass is 388 g/mol. The second kappa shape index (κ2) is 8.68. The molecule has 0 aromatic carbocycles. The fourth-order valence-corrected chi connectivity index (χ4v) is 4.15. The summed E-state index contributed by atoms with van der Waals surface area (Å²) >= 11 is 0. The zero-order chi connectivity index (χ0) is 20.3. The first-order chi connectivity index (χ1) is 13.2. The number of piperazine rings is 1. The Morgan fingerprint density at radius 1 is 1.07 bits per heavy atom. The molecular formula is C22H36N4O2. The van der Waals surface area contributed by atoms with E-state index in [2.05, 4.69) is 37.3 Å². The van der Waals surface area contributed by atoms with E-state index >= 15 is 0 Å². The van der Waals surface area contributed by atoms with Gasteiger partial charge in [-0.25, -0.2) is 0 Å². The highest BCUT2D eigenvalue weighted by Gasteiger charge is 2.27. The summed E-state index contributed by atoms with van der Waals surface area (Å²) in [4.78, 5) is 31.7. The van der Waals surface area contributed by atoms with E-state index in [9.17, 15) is 9.59 Å². The molecule has 2 aliphatic heterocycles. The van der Waals surface area contributed by atoms with Crippen molar-refractivity contribution < 1.29 is 9.59 Å². The highest BCUT2D eigenvalue weighted by atomic mass is 16.2. The highest BCUT2D eigenvalue weighted by molar-refractivity contribution is 5.94. The zero-order valence-corrected chi connectivity index (χ0v) is 18.0. The Balaban J connectivity index is 1.50. The minimum Gasteiger partial charge on any atom is -0.348 e. The van der Waals surface area contributed by atoms with Gasteiger partial charge in [0.15, 0.2) is 0 Å². The van der Waals surface area contributed by atoms with Crippen LogP contribution in [0.3, 0.4) is 0 Å². The van der Waals surface area contributed by atoms with Crippen LogP contribution < -0.4 is 0 Å². The van der Waals surface area contributed by atoms with Crippen LogP contribution in [-0.4, -0.2) is 77.4 Å². The molecule has 28 heavy (non-hydrogen) atoms. The number of amides is 2. The van der Waals surface area contributed by atoms with Crippen molar-refractivity contribution in [1.29, 1.82) is 0 Å². The molecule has 2 fully saturated rings. The molecule has 0 spiro atoms. The average molecular weight is 389 g/mol. The van der Waals surface area contributed by atoms with Crippen molar-refractivity contribution in [2.45, 2.75) is 52.0 Å². The summed E-state index contributed by atoms with van der Waals surface area (Å²) < 4.78 is 2.09. The van der Waals surface area contributed by atoms with Crippen LogP contribution in [0.5, 0.6) is 0 Å². The van der Waals surface area contributed by atoms with E-state index in [1.54, 1.807) is 0 Å². The molecule has 1 atom stereocenters. The molecule has 2 aliphatic rings. The van der Waals surface area contributed by atoms with Crippen LogP contribution in [0.15, 0.2) is 18.5 Å². The SMILES string of the molecule is CN1CCN(C(=O)CCC2CCCN(C(=O)c3ccn(C(C)(C)C)c3)C2)CC1. The van der Waals surface area contributed by atoms with Crippen LogP contribution in [0.1, 0.15) is 56.8 Å². The van der Waals surface area contributed by atoms with Gasteiger partial charge in [0.05, 0.1) is 5.56 Å². The maximum atomic E-state index is 12.9. The molecular weight excluding hydrogens is 352 g/mol. The minimum absolute atomic E-state index is 0.0212. The molecule has 0 aliphatic carbocycles. The van der Waals surface area contributed by atoms with Gasteiger partial charge in [-0.2, -0.15) is 0 Å². The molecule has 3 heterocycles. The molecule has 2 saturated heterocycles. The van der Waals surface area contributed by atoms with Crippen LogP contribution in [0.4, 0.5) is 0 Å². The van der Waals surface area contributed by atoms with Gasteiger partial charge in [0.2, 0.25) is 5.91 Å². The van der Waals surface area contributed by atoms with Gasteiger partial charge in [-0.05, 0) is 59.1 Å². The largest absolute Gasteiger partial charge is 0.348 e. The van der Waals surface area contributed by atoms with E-state index in [0.29, 0.717) is 12.3 Å². The van der Waals surface area contributed by atoms with E-state index in [1.807, 2.05) is 28.3 Å². The number of piperidine rings is 1. The van der Waals surface area contributed by atoms with Crippen molar-refractivity contribution in [3.8, 4) is 0 Å². The molecule has 6 nitrogen and oxygen atoms in total. The van der Waals surface area contributed by atoms with Crippen molar-refractivity contribution >= 4 is 11.8 Å². The molecule has 1 aromatic rings. The first kappa shape index (κ1) is 20.9. The number of hydrogen-bond donors (Lipinski definition) is 0. The third-order valence-electron chi connectivity index (χ3n) is 6.14. The second-order valence-corrected chi connectivity index (χ2v) is 9.46. The molecule has 1 unspecified atom stereocenters. The summed E-state index contributed by atoms with van der Waals surface area (Å²) in [5.41, 5.74) is 0.746. The molecule has 0 radical (unpaired) electrons. The summed E-state index contributed by atoms with van der Waals surface area (Å²) in [6.45, 7) is 11.6. The number of aromatic nitrogens is 1. The van der Waals surface area contributed by atoms with E-state index in [-0.39, 0.29) is 17.4 Å². The van der Waals surface area contributed by atoms with Gasteiger partial charge < -0.3 is 19.3 Å². The molecule has 2 amide bonds. The van der Waals surface area contributed by atoms with Crippen LogP contribution in [0.2, 0.25) is 0 Å². The van der Waals surface area contributed by atoms with Gasteiger partial charge in [0.1, 0.15) is 0 Å². The first-order valence-corrected chi connectivity index (χ1v) is 10.7. The Bertz CT molecular complexity index is 683. The quantitative estimate of drug-likeness (QED) is 0.797. The predicted molar refractivity (Wildman–Crippen MR) is 111 cm³/mol. The van der Waals surface area contributed by atoms with Crippen LogP contribution in [0, 0.1) is 5.92 Å².